The van der Waals surface area contributed by atoms with Crippen LogP contribution < -0.4 is 4.74 Å². The molecule has 2 heterocycles. The van der Waals surface area contributed by atoms with Gasteiger partial charge in [-0.1, -0.05) is 15.9 Å². The molecule has 0 aliphatic carbocycles. The van der Waals surface area contributed by atoms with Crippen LogP contribution in [0.2, 0.25) is 0 Å². The van der Waals surface area contributed by atoms with Crippen molar-refractivity contribution in [3.8, 4) is 11.8 Å². The highest BCUT2D eigenvalue weighted by Gasteiger charge is 2.18. The summed E-state index contributed by atoms with van der Waals surface area (Å²) in [6.07, 6.45) is 2.16. The van der Waals surface area contributed by atoms with Gasteiger partial charge >= 0.3 is 6.01 Å². The van der Waals surface area contributed by atoms with Crippen molar-refractivity contribution in [2.75, 3.05) is 13.2 Å². The average Bonchev–Trinajstić information content (AvgIpc) is 2.96. The smallest absolute Gasteiger partial charge is 0.322 e. The first-order chi connectivity index (χ1) is 10.2. The average molecular weight is 351 g/mol. The number of aryl methyl sites for hydroxylation is 1. The fourth-order valence-corrected chi connectivity index (χ4v) is 2.46. The molecular formula is C15H15BrN2O3. The molecule has 6 heteroatoms. The van der Waals surface area contributed by atoms with Crippen molar-refractivity contribution < 1.29 is 14.2 Å². The van der Waals surface area contributed by atoms with Gasteiger partial charge in [-0.05, 0) is 36.8 Å². The van der Waals surface area contributed by atoms with Gasteiger partial charge in [0.05, 0.1) is 13.2 Å². The lowest BCUT2D eigenvalue weighted by molar-refractivity contribution is -0.0401. The Morgan fingerprint density at radius 2 is 2.10 bits per heavy atom. The summed E-state index contributed by atoms with van der Waals surface area (Å²) in [6, 6.07) is 7.93. The number of benzene rings is 1. The molecule has 1 saturated heterocycles. The fourth-order valence-electron chi connectivity index (χ4n) is 2.06. The van der Waals surface area contributed by atoms with Crippen molar-refractivity contribution in [2.24, 2.45) is 0 Å². The minimum Gasteiger partial charge on any atom is -0.424 e. The molecule has 0 amide bonds. The van der Waals surface area contributed by atoms with Crippen LogP contribution in [0.5, 0.6) is 11.8 Å². The predicted molar refractivity (Wildman–Crippen MR) is 80.4 cm³/mol. The Bertz CT molecular complexity index is 630. The maximum absolute atomic E-state index is 5.69. The zero-order valence-electron chi connectivity index (χ0n) is 11.6. The Labute approximate surface area is 131 Å². The van der Waals surface area contributed by atoms with Crippen LogP contribution in [-0.2, 0) is 15.9 Å². The molecular weight excluding hydrogens is 336 g/mol. The monoisotopic (exact) mass is 350 g/mol. The summed E-state index contributed by atoms with van der Waals surface area (Å²) in [5.41, 5.74) is 1.93. The number of hydrogen-bond acceptors (Lipinski definition) is 5. The van der Waals surface area contributed by atoms with E-state index in [0.29, 0.717) is 31.4 Å². The zero-order chi connectivity index (χ0) is 14.7. The highest BCUT2D eigenvalue weighted by atomic mass is 79.9. The number of rotatable bonds is 4. The van der Waals surface area contributed by atoms with Gasteiger partial charge in [0.1, 0.15) is 5.75 Å². The van der Waals surface area contributed by atoms with Crippen molar-refractivity contribution in [1.82, 2.24) is 9.97 Å². The van der Waals surface area contributed by atoms with Gasteiger partial charge in [-0.3, -0.25) is 0 Å². The maximum atomic E-state index is 5.69. The number of nitrogens with zero attached hydrogens (tertiary/aromatic N) is 2. The highest BCUT2D eigenvalue weighted by molar-refractivity contribution is 9.10. The van der Waals surface area contributed by atoms with E-state index < -0.39 is 0 Å². The third-order valence-electron chi connectivity index (χ3n) is 3.08. The molecule has 0 bridgehead atoms. The lowest BCUT2D eigenvalue weighted by Crippen LogP contribution is -2.11. The second-order valence-electron chi connectivity index (χ2n) is 4.71. The number of ether oxygens (including phenoxy) is 3. The Morgan fingerprint density at radius 3 is 2.86 bits per heavy atom. The third kappa shape index (κ3) is 3.78. The van der Waals surface area contributed by atoms with Crippen LogP contribution in [0.25, 0.3) is 0 Å². The molecule has 2 aromatic rings. The van der Waals surface area contributed by atoms with E-state index in [1.54, 1.807) is 6.20 Å². The van der Waals surface area contributed by atoms with E-state index in [-0.39, 0.29) is 6.29 Å². The minimum absolute atomic E-state index is 0.188. The molecule has 110 valence electrons. The van der Waals surface area contributed by atoms with E-state index in [4.69, 9.17) is 14.2 Å². The predicted octanol–water partition coefficient (Wildman–Crippen LogP) is 3.26. The first kappa shape index (κ1) is 14.4. The molecule has 1 fully saturated rings. The second-order valence-corrected chi connectivity index (χ2v) is 5.57. The molecule has 0 N–H and O–H groups in total. The molecule has 1 aromatic carbocycles. The first-order valence-electron chi connectivity index (χ1n) is 6.70. The largest absolute Gasteiger partial charge is 0.424 e. The zero-order valence-corrected chi connectivity index (χ0v) is 13.2. The molecule has 0 radical (unpaired) electrons. The molecule has 0 atom stereocenters. The number of aromatic nitrogens is 2. The van der Waals surface area contributed by atoms with Crippen LogP contribution in [-0.4, -0.2) is 29.5 Å². The van der Waals surface area contributed by atoms with Crippen LogP contribution in [0.15, 0.2) is 34.9 Å². The number of hydrogen-bond donors (Lipinski definition) is 0. The summed E-state index contributed by atoms with van der Waals surface area (Å²) in [5.74, 6) is 0.691. The fraction of sp³-hybridized carbons (Fsp3) is 0.333. The summed E-state index contributed by atoms with van der Waals surface area (Å²) < 4.78 is 17.6. The van der Waals surface area contributed by atoms with Crippen LogP contribution in [0, 0.1) is 6.92 Å². The van der Waals surface area contributed by atoms with Crippen LogP contribution in [0.3, 0.4) is 0 Å². The lowest BCUT2D eigenvalue weighted by Gasteiger charge is -2.12. The molecule has 0 saturated carbocycles. The molecule has 21 heavy (non-hydrogen) atoms. The van der Waals surface area contributed by atoms with E-state index in [1.807, 2.05) is 31.2 Å². The van der Waals surface area contributed by atoms with E-state index in [2.05, 4.69) is 25.9 Å². The molecule has 0 unspecified atom stereocenters. The summed E-state index contributed by atoms with van der Waals surface area (Å²) in [6.45, 7) is 3.20. The summed E-state index contributed by atoms with van der Waals surface area (Å²) >= 11 is 3.54. The van der Waals surface area contributed by atoms with Gasteiger partial charge in [-0.2, -0.15) is 0 Å². The first-order valence-corrected chi connectivity index (χ1v) is 7.49. The summed E-state index contributed by atoms with van der Waals surface area (Å²) in [5, 5.41) is 0. The van der Waals surface area contributed by atoms with Crippen molar-refractivity contribution in [3.63, 3.8) is 0 Å². The van der Waals surface area contributed by atoms with Gasteiger partial charge in [0, 0.05) is 22.8 Å². The summed E-state index contributed by atoms with van der Waals surface area (Å²) in [4.78, 5) is 8.33. The summed E-state index contributed by atoms with van der Waals surface area (Å²) in [7, 11) is 0. The second kappa shape index (κ2) is 6.51. The number of halogens is 1. The van der Waals surface area contributed by atoms with Gasteiger partial charge in [0.15, 0.2) is 6.29 Å². The minimum atomic E-state index is -0.188. The van der Waals surface area contributed by atoms with E-state index in [9.17, 15) is 0 Å². The maximum Gasteiger partial charge on any atom is 0.322 e. The standard InChI is InChI=1S/C15H15BrN2O3/c1-10-4-5-17-15(18-10)21-12-2-3-13(16)11(8-12)9-14-19-6-7-20-14/h2-5,8,14H,6-7,9H2,1H3. The van der Waals surface area contributed by atoms with E-state index >= 15 is 0 Å². The van der Waals surface area contributed by atoms with E-state index in [0.717, 1.165) is 15.7 Å². The van der Waals surface area contributed by atoms with Gasteiger partial charge in [-0.15, -0.1) is 0 Å². The third-order valence-corrected chi connectivity index (χ3v) is 3.85. The van der Waals surface area contributed by atoms with Gasteiger partial charge in [0.25, 0.3) is 0 Å². The van der Waals surface area contributed by atoms with Crippen LogP contribution >= 0.6 is 15.9 Å². The lowest BCUT2D eigenvalue weighted by atomic mass is 10.1. The quantitative estimate of drug-likeness (QED) is 0.846. The molecule has 1 aliphatic heterocycles. The Kier molecular flexibility index (Phi) is 4.48. The van der Waals surface area contributed by atoms with Crippen molar-refractivity contribution >= 4 is 15.9 Å². The highest BCUT2D eigenvalue weighted by Crippen LogP contribution is 2.27. The Balaban J connectivity index is 1.76. The molecule has 1 aromatic heterocycles. The molecule has 5 nitrogen and oxygen atoms in total. The normalized spacial score (nSPS) is 15.3. The Hall–Kier alpha value is -1.50. The SMILES string of the molecule is Cc1ccnc(Oc2ccc(Br)c(CC3OCCO3)c2)n1. The van der Waals surface area contributed by atoms with Gasteiger partial charge in [0.2, 0.25) is 0 Å². The molecule has 1 aliphatic rings. The van der Waals surface area contributed by atoms with Crippen molar-refractivity contribution in [3.05, 3.63) is 46.2 Å². The van der Waals surface area contributed by atoms with Crippen molar-refractivity contribution in [1.29, 1.82) is 0 Å². The van der Waals surface area contributed by atoms with Crippen LogP contribution in [0.1, 0.15) is 11.3 Å². The molecule has 0 spiro atoms. The van der Waals surface area contributed by atoms with Crippen molar-refractivity contribution in [2.45, 2.75) is 19.6 Å². The van der Waals surface area contributed by atoms with Gasteiger partial charge in [-0.25, -0.2) is 9.97 Å². The van der Waals surface area contributed by atoms with Crippen LogP contribution in [0.4, 0.5) is 0 Å². The Morgan fingerprint density at radius 1 is 1.29 bits per heavy atom. The van der Waals surface area contributed by atoms with E-state index in [1.165, 1.54) is 0 Å². The molecule has 3 rings (SSSR count). The topological polar surface area (TPSA) is 53.5 Å². The van der Waals surface area contributed by atoms with Gasteiger partial charge < -0.3 is 14.2 Å².